The molecule has 0 radical (unpaired) electrons. The zero-order valence-corrected chi connectivity index (χ0v) is 10.2. The van der Waals surface area contributed by atoms with Crippen molar-refractivity contribution in [2.45, 2.75) is 6.54 Å². The number of aliphatic hydroxyl groups is 2. The monoisotopic (exact) mass is 253 g/mol. The second-order valence-electron chi connectivity index (χ2n) is 3.85. The molecule has 1 rings (SSSR count). The minimum absolute atomic E-state index is 0.00521. The van der Waals surface area contributed by atoms with Gasteiger partial charge in [0, 0.05) is 25.2 Å². The second kappa shape index (κ2) is 7.78. The van der Waals surface area contributed by atoms with Gasteiger partial charge in [0.05, 0.1) is 13.2 Å². The first kappa shape index (κ1) is 14.6. The van der Waals surface area contributed by atoms with Crippen molar-refractivity contribution >= 4 is 5.91 Å². The van der Waals surface area contributed by atoms with E-state index in [4.69, 9.17) is 16.1 Å². The number of amides is 1. The first-order valence-corrected chi connectivity index (χ1v) is 5.75. The Hall–Kier alpha value is -1.47. The van der Waals surface area contributed by atoms with Gasteiger partial charge in [-0.25, -0.2) is 5.84 Å². The molecule has 0 spiro atoms. The number of nitrogens with one attached hydrogen (secondary N) is 1. The van der Waals surface area contributed by atoms with Crippen molar-refractivity contribution in [2.75, 3.05) is 26.3 Å². The highest BCUT2D eigenvalue weighted by atomic mass is 16.3. The van der Waals surface area contributed by atoms with Crippen LogP contribution in [0.15, 0.2) is 24.3 Å². The number of hydrogen-bond acceptors (Lipinski definition) is 5. The van der Waals surface area contributed by atoms with Gasteiger partial charge >= 0.3 is 0 Å². The van der Waals surface area contributed by atoms with E-state index >= 15 is 0 Å². The molecule has 0 aliphatic rings. The third kappa shape index (κ3) is 4.08. The van der Waals surface area contributed by atoms with Gasteiger partial charge in [0.15, 0.2) is 0 Å². The third-order valence-corrected chi connectivity index (χ3v) is 2.62. The lowest BCUT2D eigenvalue weighted by Gasteiger charge is -2.21. The van der Waals surface area contributed by atoms with Gasteiger partial charge in [0.25, 0.3) is 5.91 Å². The van der Waals surface area contributed by atoms with Gasteiger partial charge in [-0.15, -0.1) is 0 Å². The number of rotatable bonds is 7. The van der Waals surface area contributed by atoms with Crippen molar-refractivity contribution in [3.8, 4) is 0 Å². The van der Waals surface area contributed by atoms with Gasteiger partial charge in [-0.2, -0.15) is 0 Å². The zero-order chi connectivity index (χ0) is 13.4. The highest BCUT2D eigenvalue weighted by Crippen LogP contribution is 2.11. The number of nitrogens with two attached hydrogens (primary N) is 1. The Bertz CT molecular complexity index is 379. The zero-order valence-electron chi connectivity index (χ0n) is 10.2. The summed E-state index contributed by atoms with van der Waals surface area (Å²) in [5.74, 6) is 4.78. The summed E-state index contributed by atoms with van der Waals surface area (Å²) in [4.78, 5) is 13.4. The van der Waals surface area contributed by atoms with Crippen molar-refractivity contribution < 1.29 is 15.0 Å². The molecule has 5 N–H and O–H groups in total. The molecule has 0 aromatic heterocycles. The molecule has 0 fully saturated rings. The third-order valence-electron chi connectivity index (χ3n) is 2.62. The number of benzene rings is 1. The van der Waals surface area contributed by atoms with Gasteiger partial charge in [-0.05, 0) is 11.6 Å². The Labute approximate surface area is 106 Å². The van der Waals surface area contributed by atoms with Crippen LogP contribution in [0.1, 0.15) is 15.9 Å². The predicted octanol–water partition coefficient (Wildman–Crippen LogP) is -0.923. The SMILES string of the molecule is NNC(=O)c1ccccc1CN(CCO)CCO. The maximum absolute atomic E-state index is 11.6. The fraction of sp³-hybridized carbons (Fsp3) is 0.417. The van der Waals surface area contributed by atoms with Crippen LogP contribution in [-0.4, -0.2) is 47.3 Å². The maximum atomic E-state index is 11.6. The minimum Gasteiger partial charge on any atom is -0.395 e. The van der Waals surface area contributed by atoms with Gasteiger partial charge < -0.3 is 10.2 Å². The van der Waals surface area contributed by atoms with Crippen molar-refractivity contribution in [3.63, 3.8) is 0 Å². The van der Waals surface area contributed by atoms with Crippen molar-refractivity contribution in [3.05, 3.63) is 35.4 Å². The van der Waals surface area contributed by atoms with Crippen LogP contribution in [0, 0.1) is 0 Å². The van der Waals surface area contributed by atoms with E-state index in [1.807, 2.05) is 17.0 Å². The van der Waals surface area contributed by atoms with E-state index in [9.17, 15) is 4.79 Å². The molecule has 6 heteroatoms. The average molecular weight is 253 g/mol. The molecular formula is C12H19N3O3. The largest absolute Gasteiger partial charge is 0.395 e. The Balaban J connectivity index is 2.84. The standard InChI is InChI=1S/C12H19N3O3/c13-14-12(18)11-4-2-1-3-10(11)9-15(5-7-16)6-8-17/h1-4,16-17H,5-9,13H2,(H,14,18). The fourth-order valence-electron chi connectivity index (χ4n) is 1.75. The second-order valence-corrected chi connectivity index (χ2v) is 3.85. The molecular weight excluding hydrogens is 234 g/mol. The van der Waals surface area contributed by atoms with Gasteiger partial charge in [0.1, 0.15) is 0 Å². The number of aliphatic hydroxyl groups excluding tert-OH is 2. The van der Waals surface area contributed by atoms with E-state index in [0.717, 1.165) is 5.56 Å². The van der Waals surface area contributed by atoms with E-state index in [2.05, 4.69) is 5.43 Å². The number of hydrazine groups is 1. The molecule has 1 amide bonds. The molecule has 0 saturated carbocycles. The number of nitrogens with zero attached hydrogens (tertiary/aromatic N) is 1. The van der Waals surface area contributed by atoms with E-state index in [1.165, 1.54) is 0 Å². The molecule has 0 atom stereocenters. The fourth-order valence-corrected chi connectivity index (χ4v) is 1.75. The molecule has 0 aliphatic heterocycles. The molecule has 1 aromatic rings. The lowest BCUT2D eigenvalue weighted by molar-refractivity contribution is 0.0951. The van der Waals surface area contributed by atoms with Crippen LogP contribution >= 0.6 is 0 Å². The topological polar surface area (TPSA) is 98.8 Å². The van der Waals surface area contributed by atoms with Crippen molar-refractivity contribution in [1.29, 1.82) is 0 Å². The Morgan fingerprint density at radius 1 is 1.22 bits per heavy atom. The molecule has 18 heavy (non-hydrogen) atoms. The number of hydrogen-bond donors (Lipinski definition) is 4. The molecule has 100 valence electrons. The quantitative estimate of drug-likeness (QED) is 0.286. The minimum atomic E-state index is -0.349. The van der Waals surface area contributed by atoms with Gasteiger partial charge in [-0.3, -0.25) is 15.1 Å². The van der Waals surface area contributed by atoms with E-state index in [-0.39, 0.29) is 19.1 Å². The summed E-state index contributed by atoms with van der Waals surface area (Å²) in [7, 11) is 0. The van der Waals surface area contributed by atoms with Crippen LogP contribution in [0.3, 0.4) is 0 Å². The van der Waals surface area contributed by atoms with E-state index < -0.39 is 0 Å². The maximum Gasteiger partial charge on any atom is 0.265 e. The molecule has 0 saturated heterocycles. The summed E-state index contributed by atoms with van der Waals surface area (Å²) in [6, 6.07) is 7.11. The summed E-state index contributed by atoms with van der Waals surface area (Å²) in [5, 5.41) is 17.9. The van der Waals surface area contributed by atoms with Crippen LogP contribution in [0.4, 0.5) is 0 Å². The smallest absolute Gasteiger partial charge is 0.265 e. The molecule has 0 unspecified atom stereocenters. The Kier molecular flexibility index (Phi) is 6.31. The molecule has 0 bridgehead atoms. The lowest BCUT2D eigenvalue weighted by atomic mass is 10.1. The van der Waals surface area contributed by atoms with Crippen LogP contribution in [0.25, 0.3) is 0 Å². The normalized spacial score (nSPS) is 10.7. The van der Waals surface area contributed by atoms with E-state index in [0.29, 0.717) is 25.2 Å². The molecule has 0 heterocycles. The number of carbonyl (C=O) groups excluding carboxylic acids is 1. The average Bonchev–Trinajstić information content (AvgIpc) is 2.39. The lowest BCUT2D eigenvalue weighted by Crippen LogP contribution is -2.33. The highest BCUT2D eigenvalue weighted by Gasteiger charge is 2.12. The van der Waals surface area contributed by atoms with Crippen LogP contribution < -0.4 is 11.3 Å². The van der Waals surface area contributed by atoms with Crippen LogP contribution in [0.5, 0.6) is 0 Å². The predicted molar refractivity (Wildman–Crippen MR) is 67.5 cm³/mol. The molecule has 6 nitrogen and oxygen atoms in total. The number of carbonyl (C=O) groups is 1. The summed E-state index contributed by atoms with van der Waals surface area (Å²) in [5.41, 5.74) is 3.41. The summed E-state index contributed by atoms with van der Waals surface area (Å²) < 4.78 is 0. The summed E-state index contributed by atoms with van der Waals surface area (Å²) in [6.45, 7) is 1.37. The Morgan fingerprint density at radius 2 is 1.83 bits per heavy atom. The first-order valence-electron chi connectivity index (χ1n) is 5.75. The summed E-state index contributed by atoms with van der Waals surface area (Å²) in [6.07, 6.45) is 0. The van der Waals surface area contributed by atoms with Crippen LogP contribution in [-0.2, 0) is 6.54 Å². The Morgan fingerprint density at radius 3 is 2.39 bits per heavy atom. The molecule has 1 aromatic carbocycles. The number of nitrogen functional groups attached to an aromatic ring is 1. The van der Waals surface area contributed by atoms with Gasteiger partial charge in [-0.1, -0.05) is 18.2 Å². The first-order chi connectivity index (χ1) is 8.72. The van der Waals surface area contributed by atoms with E-state index in [1.54, 1.807) is 12.1 Å². The molecule has 0 aliphatic carbocycles. The summed E-state index contributed by atoms with van der Waals surface area (Å²) >= 11 is 0. The van der Waals surface area contributed by atoms with Crippen LogP contribution in [0.2, 0.25) is 0 Å². The van der Waals surface area contributed by atoms with Crippen molar-refractivity contribution in [1.82, 2.24) is 10.3 Å². The van der Waals surface area contributed by atoms with Crippen molar-refractivity contribution in [2.24, 2.45) is 5.84 Å². The highest BCUT2D eigenvalue weighted by molar-refractivity contribution is 5.95. The van der Waals surface area contributed by atoms with Gasteiger partial charge in [0.2, 0.25) is 0 Å².